The molecule has 2 aromatic rings. The number of methoxy groups -OCH3 is 3. The number of carbonyl (C=O) groups is 2. The number of hydrogen-bond acceptors (Lipinski definition) is 5. The SMILES string of the molecule is COc1ccc(C(=O)c2cc(OC)c(OC)cc2C(=O)O)cc1. The Kier molecular flexibility index (Phi) is 4.85. The zero-order valence-electron chi connectivity index (χ0n) is 13.0. The smallest absolute Gasteiger partial charge is 0.336 e. The Morgan fingerprint density at radius 1 is 0.826 bits per heavy atom. The molecule has 23 heavy (non-hydrogen) atoms. The van der Waals surface area contributed by atoms with Crippen LogP contribution in [0.1, 0.15) is 26.3 Å². The number of rotatable bonds is 6. The van der Waals surface area contributed by atoms with Gasteiger partial charge >= 0.3 is 5.97 Å². The quantitative estimate of drug-likeness (QED) is 0.825. The van der Waals surface area contributed by atoms with Crippen LogP contribution >= 0.6 is 0 Å². The standard InChI is InChI=1S/C17H16O6/c1-21-11-6-4-10(5-7-11)16(18)12-8-14(22-2)15(23-3)9-13(12)17(19)20/h4-9H,1-3H3,(H,19,20). The van der Waals surface area contributed by atoms with E-state index < -0.39 is 11.8 Å². The summed E-state index contributed by atoms with van der Waals surface area (Å²) in [5.41, 5.74) is 0.226. The van der Waals surface area contributed by atoms with E-state index in [0.717, 1.165) is 0 Å². The summed E-state index contributed by atoms with van der Waals surface area (Å²) in [7, 11) is 4.34. The highest BCUT2D eigenvalue weighted by Crippen LogP contribution is 2.32. The number of carbonyl (C=O) groups excluding carboxylic acids is 1. The highest BCUT2D eigenvalue weighted by Gasteiger charge is 2.22. The molecule has 0 amide bonds. The molecule has 0 aliphatic carbocycles. The molecule has 0 atom stereocenters. The van der Waals surface area contributed by atoms with Gasteiger partial charge in [0, 0.05) is 11.1 Å². The minimum absolute atomic E-state index is 0.0281. The van der Waals surface area contributed by atoms with Crippen LogP contribution in [0.2, 0.25) is 0 Å². The minimum atomic E-state index is -1.22. The number of ether oxygens (including phenoxy) is 3. The molecular weight excluding hydrogens is 300 g/mol. The van der Waals surface area contributed by atoms with E-state index in [1.54, 1.807) is 24.3 Å². The first-order chi connectivity index (χ1) is 11.0. The molecule has 0 saturated heterocycles. The van der Waals surface area contributed by atoms with E-state index in [9.17, 15) is 14.7 Å². The van der Waals surface area contributed by atoms with E-state index in [4.69, 9.17) is 14.2 Å². The number of carboxylic acid groups (broad SMARTS) is 1. The molecule has 6 nitrogen and oxygen atoms in total. The molecule has 120 valence electrons. The molecule has 0 aromatic heterocycles. The van der Waals surface area contributed by atoms with Gasteiger partial charge < -0.3 is 19.3 Å². The molecule has 0 bridgehead atoms. The predicted molar refractivity (Wildman–Crippen MR) is 82.9 cm³/mol. The summed E-state index contributed by atoms with van der Waals surface area (Å²) in [5.74, 6) is -0.508. The van der Waals surface area contributed by atoms with Crippen molar-refractivity contribution >= 4 is 11.8 Å². The fourth-order valence-corrected chi connectivity index (χ4v) is 2.14. The first kappa shape index (κ1) is 16.4. The van der Waals surface area contributed by atoms with Crippen molar-refractivity contribution in [2.24, 2.45) is 0 Å². The molecular formula is C17H16O6. The molecule has 0 unspecified atom stereocenters. The number of benzene rings is 2. The summed E-state index contributed by atoms with van der Waals surface area (Å²) < 4.78 is 15.3. The Bertz CT molecular complexity index is 733. The number of aromatic carboxylic acids is 1. The number of hydrogen-bond donors (Lipinski definition) is 1. The van der Waals surface area contributed by atoms with Crippen molar-refractivity contribution < 1.29 is 28.9 Å². The third kappa shape index (κ3) is 3.26. The van der Waals surface area contributed by atoms with E-state index in [0.29, 0.717) is 11.3 Å². The molecule has 6 heteroatoms. The molecule has 1 N–H and O–H groups in total. The molecule has 0 aliphatic heterocycles. The fourth-order valence-electron chi connectivity index (χ4n) is 2.14. The monoisotopic (exact) mass is 316 g/mol. The van der Waals surface area contributed by atoms with Crippen LogP contribution < -0.4 is 14.2 Å². The second-order valence-electron chi connectivity index (χ2n) is 4.62. The van der Waals surface area contributed by atoms with Gasteiger partial charge in [-0.2, -0.15) is 0 Å². The van der Waals surface area contributed by atoms with Gasteiger partial charge in [0.1, 0.15) is 5.75 Å². The molecule has 0 fully saturated rings. The maximum Gasteiger partial charge on any atom is 0.336 e. The molecule has 0 spiro atoms. The van der Waals surface area contributed by atoms with Crippen molar-refractivity contribution in [1.82, 2.24) is 0 Å². The van der Waals surface area contributed by atoms with Gasteiger partial charge in [-0.25, -0.2) is 4.79 Å². The van der Waals surface area contributed by atoms with E-state index >= 15 is 0 Å². The Morgan fingerprint density at radius 3 is 1.78 bits per heavy atom. The van der Waals surface area contributed by atoms with E-state index in [1.165, 1.54) is 33.5 Å². The van der Waals surface area contributed by atoms with Crippen molar-refractivity contribution in [2.75, 3.05) is 21.3 Å². The highest BCUT2D eigenvalue weighted by molar-refractivity contribution is 6.14. The van der Waals surface area contributed by atoms with E-state index in [2.05, 4.69) is 0 Å². The van der Waals surface area contributed by atoms with Crippen LogP contribution in [0.4, 0.5) is 0 Å². The third-order valence-electron chi connectivity index (χ3n) is 3.35. The summed E-state index contributed by atoms with van der Waals surface area (Å²) in [6.07, 6.45) is 0. The predicted octanol–water partition coefficient (Wildman–Crippen LogP) is 2.64. The Labute approximate surface area is 133 Å². The van der Waals surface area contributed by atoms with Gasteiger partial charge in [0.05, 0.1) is 26.9 Å². The van der Waals surface area contributed by atoms with Crippen molar-refractivity contribution in [3.8, 4) is 17.2 Å². The molecule has 2 rings (SSSR count). The minimum Gasteiger partial charge on any atom is -0.497 e. The second-order valence-corrected chi connectivity index (χ2v) is 4.62. The van der Waals surface area contributed by atoms with Gasteiger partial charge in [-0.05, 0) is 36.4 Å². The summed E-state index contributed by atoms with van der Waals surface area (Å²) in [6.45, 7) is 0. The molecule has 0 aliphatic rings. The Hall–Kier alpha value is -3.02. The van der Waals surface area contributed by atoms with Crippen LogP contribution in [0.5, 0.6) is 17.2 Å². The zero-order chi connectivity index (χ0) is 17.0. The molecule has 0 saturated carbocycles. The van der Waals surface area contributed by atoms with Crippen molar-refractivity contribution in [1.29, 1.82) is 0 Å². The summed E-state index contributed by atoms with van der Waals surface area (Å²) in [5, 5.41) is 9.36. The van der Waals surface area contributed by atoms with Gasteiger partial charge in [0.25, 0.3) is 0 Å². The Balaban J connectivity index is 2.55. The molecule has 0 heterocycles. The fraction of sp³-hybridized carbons (Fsp3) is 0.176. The maximum atomic E-state index is 12.6. The summed E-state index contributed by atoms with van der Waals surface area (Å²) in [4.78, 5) is 24.1. The van der Waals surface area contributed by atoms with Gasteiger partial charge in [-0.1, -0.05) is 0 Å². The van der Waals surface area contributed by atoms with Crippen molar-refractivity contribution in [3.05, 3.63) is 53.1 Å². The molecule has 0 radical (unpaired) electrons. The summed E-state index contributed by atoms with van der Waals surface area (Å²) in [6, 6.07) is 9.06. The lowest BCUT2D eigenvalue weighted by Gasteiger charge is -2.12. The first-order valence-electron chi connectivity index (χ1n) is 6.70. The lowest BCUT2D eigenvalue weighted by atomic mass is 9.97. The average molecular weight is 316 g/mol. The van der Waals surface area contributed by atoms with Gasteiger partial charge in [-0.15, -0.1) is 0 Å². The lowest BCUT2D eigenvalue weighted by molar-refractivity contribution is 0.0692. The Morgan fingerprint density at radius 2 is 1.35 bits per heavy atom. The normalized spacial score (nSPS) is 10.0. The molecule has 2 aromatic carbocycles. The van der Waals surface area contributed by atoms with Crippen LogP contribution in [0.15, 0.2) is 36.4 Å². The number of carboxylic acids is 1. The highest BCUT2D eigenvalue weighted by atomic mass is 16.5. The van der Waals surface area contributed by atoms with Crippen LogP contribution in [0, 0.1) is 0 Å². The van der Waals surface area contributed by atoms with E-state index in [1.807, 2.05) is 0 Å². The van der Waals surface area contributed by atoms with Crippen molar-refractivity contribution in [3.63, 3.8) is 0 Å². The average Bonchev–Trinajstić information content (AvgIpc) is 2.59. The van der Waals surface area contributed by atoms with E-state index in [-0.39, 0.29) is 22.6 Å². The largest absolute Gasteiger partial charge is 0.497 e. The second kappa shape index (κ2) is 6.83. The van der Waals surface area contributed by atoms with Crippen LogP contribution in [-0.2, 0) is 0 Å². The third-order valence-corrected chi connectivity index (χ3v) is 3.35. The lowest BCUT2D eigenvalue weighted by Crippen LogP contribution is -2.11. The first-order valence-corrected chi connectivity index (χ1v) is 6.70. The van der Waals surface area contributed by atoms with Crippen LogP contribution in [0.25, 0.3) is 0 Å². The zero-order valence-corrected chi connectivity index (χ0v) is 13.0. The van der Waals surface area contributed by atoms with Gasteiger partial charge in [0.15, 0.2) is 17.3 Å². The summed E-state index contributed by atoms with van der Waals surface area (Å²) >= 11 is 0. The van der Waals surface area contributed by atoms with Gasteiger partial charge in [-0.3, -0.25) is 4.79 Å². The topological polar surface area (TPSA) is 82.1 Å². The number of ketones is 1. The maximum absolute atomic E-state index is 12.6. The van der Waals surface area contributed by atoms with Crippen LogP contribution in [0.3, 0.4) is 0 Å². The van der Waals surface area contributed by atoms with Crippen LogP contribution in [-0.4, -0.2) is 38.2 Å². The van der Waals surface area contributed by atoms with Crippen molar-refractivity contribution in [2.45, 2.75) is 0 Å². The van der Waals surface area contributed by atoms with Gasteiger partial charge in [0.2, 0.25) is 0 Å².